The van der Waals surface area contributed by atoms with Gasteiger partial charge in [0.15, 0.2) is 11.2 Å². The second-order valence-corrected chi connectivity index (χ2v) is 6.99. The van der Waals surface area contributed by atoms with Crippen molar-refractivity contribution in [1.29, 1.82) is 0 Å². The lowest BCUT2D eigenvalue weighted by atomic mass is 10.2. The molecular weight excluding hydrogens is 358 g/mol. The lowest BCUT2D eigenvalue weighted by molar-refractivity contribution is -0.00545. The zero-order chi connectivity index (χ0) is 19.7. The molecule has 1 aliphatic heterocycles. The second-order valence-electron chi connectivity index (χ2n) is 6.99. The Morgan fingerprint density at radius 1 is 1.14 bits per heavy atom. The quantitative estimate of drug-likeness (QED) is 0.753. The average Bonchev–Trinajstić information content (AvgIpc) is 2.68. The first-order valence-electron chi connectivity index (χ1n) is 9.20. The van der Waals surface area contributed by atoms with Crippen LogP contribution >= 0.6 is 0 Å². The summed E-state index contributed by atoms with van der Waals surface area (Å²) in [5.41, 5.74) is 0.652. The molecule has 3 heterocycles. The summed E-state index contributed by atoms with van der Waals surface area (Å²) in [5, 5.41) is 3.16. The minimum absolute atomic E-state index is 0.0383. The first kappa shape index (κ1) is 18.2. The van der Waals surface area contributed by atoms with E-state index in [1.807, 2.05) is 19.9 Å². The third kappa shape index (κ3) is 3.75. The molecule has 28 heavy (non-hydrogen) atoms. The predicted molar refractivity (Wildman–Crippen MR) is 107 cm³/mol. The van der Waals surface area contributed by atoms with Crippen LogP contribution in [0.5, 0.6) is 0 Å². The number of ether oxygens (including phenoxy) is 1. The van der Waals surface area contributed by atoms with Gasteiger partial charge in [-0.15, -0.1) is 0 Å². The molecule has 0 saturated carbocycles. The van der Waals surface area contributed by atoms with Crippen molar-refractivity contribution in [2.45, 2.75) is 26.1 Å². The molecule has 1 aliphatic rings. The molecule has 2 aromatic heterocycles. The molecule has 0 spiro atoms. The molecule has 1 fully saturated rings. The van der Waals surface area contributed by atoms with E-state index in [4.69, 9.17) is 9.15 Å². The number of hydrogen-bond donors (Lipinski definition) is 1. The molecule has 1 saturated heterocycles. The Bertz CT molecular complexity index is 1050. The molecule has 1 amide bonds. The van der Waals surface area contributed by atoms with Crippen LogP contribution in [-0.4, -0.2) is 36.2 Å². The van der Waals surface area contributed by atoms with Gasteiger partial charge >= 0.3 is 0 Å². The SMILES string of the molecule is CC1CN(c2ccc(NC(=O)c3cc(=O)c4ccccc4o3)cn2)CC(C)O1. The van der Waals surface area contributed by atoms with E-state index in [9.17, 15) is 9.59 Å². The smallest absolute Gasteiger partial charge is 0.291 e. The molecule has 1 aromatic carbocycles. The number of fused-ring (bicyclic) bond motifs is 1. The highest BCUT2D eigenvalue weighted by Gasteiger charge is 2.23. The Labute approximate surface area is 161 Å². The number of para-hydroxylation sites is 1. The summed E-state index contributed by atoms with van der Waals surface area (Å²) in [5.74, 6) is 0.298. The Morgan fingerprint density at radius 2 is 1.89 bits per heavy atom. The predicted octanol–water partition coefficient (Wildman–Crippen LogP) is 3.05. The van der Waals surface area contributed by atoms with Crippen LogP contribution in [0, 0.1) is 0 Å². The van der Waals surface area contributed by atoms with Gasteiger partial charge < -0.3 is 19.4 Å². The first-order valence-corrected chi connectivity index (χ1v) is 9.20. The van der Waals surface area contributed by atoms with Crippen LogP contribution in [0.1, 0.15) is 24.4 Å². The number of carbonyl (C=O) groups is 1. The van der Waals surface area contributed by atoms with E-state index in [2.05, 4.69) is 15.2 Å². The van der Waals surface area contributed by atoms with E-state index in [0.717, 1.165) is 18.9 Å². The molecule has 2 unspecified atom stereocenters. The highest BCUT2D eigenvalue weighted by atomic mass is 16.5. The standard InChI is InChI=1S/C21H21N3O4/c1-13-11-24(12-14(2)27-13)20-8-7-15(10-22-20)23-21(26)19-9-17(25)16-5-3-4-6-18(16)28-19/h3-10,13-14H,11-12H2,1-2H3,(H,23,26). The molecule has 3 aromatic rings. The topological polar surface area (TPSA) is 84.7 Å². The summed E-state index contributed by atoms with van der Waals surface area (Å²) in [7, 11) is 0. The molecule has 2 atom stereocenters. The van der Waals surface area contributed by atoms with Gasteiger partial charge in [-0.1, -0.05) is 12.1 Å². The summed E-state index contributed by atoms with van der Waals surface area (Å²) < 4.78 is 11.3. The van der Waals surface area contributed by atoms with E-state index >= 15 is 0 Å². The van der Waals surface area contributed by atoms with E-state index < -0.39 is 5.91 Å². The van der Waals surface area contributed by atoms with Gasteiger partial charge in [0.25, 0.3) is 5.91 Å². The Morgan fingerprint density at radius 3 is 2.61 bits per heavy atom. The fourth-order valence-electron chi connectivity index (χ4n) is 3.42. The zero-order valence-electron chi connectivity index (χ0n) is 15.7. The molecule has 144 valence electrons. The largest absolute Gasteiger partial charge is 0.451 e. The maximum absolute atomic E-state index is 12.5. The third-order valence-electron chi connectivity index (χ3n) is 4.61. The van der Waals surface area contributed by atoms with Crippen LogP contribution in [0.2, 0.25) is 0 Å². The van der Waals surface area contributed by atoms with Crippen LogP contribution < -0.4 is 15.6 Å². The number of pyridine rings is 1. The van der Waals surface area contributed by atoms with Gasteiger partial charge in [0.2, 0.25) is 0 Å². The van der Waals surface area contributed by atoms with Crippen molar-refractivity contribution in [2.24, 2.45) is 0 Å². The van der Waals surface area contributed by atoms with Gasteiger partial charge in [0.1, 0.15) is 11.4 Å². The summed E-state index contributed by atoms with van der Waals surface area (Å²) >= 11 is 0. The summed E-state index contributed by atoms with van der Waals surface area (Å²) in [6, 6.07) is 11.7. The Hall–Kier alpha value is -3.19. The van der Waals surface area contributed by atoms with Crippen molar-refractivity contribution >= 4 is 28.4 Å². The van der Waals surface area contributed by atoms with Crippen molar-refractivity contribution in [2.75, 3.05) is 23.3 Å². The number of amides is 1. The summed E-state index contributed by atoms with van der Waals surface area (Å²) in [6.45, 7) is 5.61. The molecule has 7 nitrogen and oxygen atoms in total. The monoisotopic (exact) mass is 379 g/mol. The lowest BCUT2D eigenvalue weighted by Gasteiger charge is -2.36. The van der Waals surface area contributed by atoms with Crippen molar-refractivity contribution in [3.05, 3.63) is 64.6 Å². The Kier molecular flexibility index (Phi) is 4.83. The van der Waals surface area contributed by atoms with Gasteiger partial charge in [-0.3, -0.25) is 9.59 Å². The van der Waals surface area contributed by atoms with Crippen LogP contribution in [-0.2, 0) is 4.74 Å². The number of carbonyl (C=O) groups excluding carboxylic acids is 1. The number of morpholine rings is 1. The maximum atomic E-state index is 12.5. The van der Waals surface area contributed by atoms with E-state index in [0.29, 0.717) is 16.7 Å². The van der Waals surface area contributed by atoms with Crippen LogP contribution in [0.4, 0.5) is 11.5 Å². The molecule has 0 aliphatic carbocycles. The van der Waals surface area contributed by atoms with Crippen molar-refractivity contribution < 1.29 is 13.9 Å². The van der Waals surface area contributed by atoms with Crippen molar-refractivity contribution in [3.63, 3.8) is 0 Å². The van der Waals surface area contributed by atoms with Gasteiger partial charge in [-0.2, -0.15) is 0 Å². The van der Waals surface area contributed by atoms with E-state index in [1.54, 1.807) is 36.5 Å². The van der Waals surface area contributed by atoms with Gasteiger partial charge in [-0.25, -0.2) is 4.98 Å². The van der Waals surface area contributed by atoms with Gasteiger partial charge in [-0.05, 0) is 38.1 Å². The Balaban J connectivity index is 1.50. The molecule has 7 heteroatoms. The molecule has 1 N–H and O–H groups in total. The maximum Gasteiger partial charge on any atom is 0.291 e. The number of hydrogen-bond acceptors (Lipinski definition) is 6. The first-order chi connectivity index (χ1) is 13.5. The number of aromatic nitrogens is 1. The minimum Gasteiger partial charge on any atom is -0.451 e. The highest BCUT2D eigenvalue weighted by molar-refractivity contribution is 6.02. The van der Waals surface area contributed by atoms with E-state index in [-0.39, 0.29) is 23.4 Å². The fourth-order valence-corrected chi connectivity index (χ4v) is 3.42. The van der Waals surface area contributed by atoms with Crippen molar-refractivity contribution in [3.8, 4) is 0 Å². The number of nitrogens with zero attached hydrogens (tertiary/aromatic N) is 2. The second kappa shape index (κ2) is 7.44. The number of benzene rings is 1. The summed E-state index contributed by atoms with van der Waals surface area (Å²) in [6.07, 6.45) is 1.87. The molecule has 0 radical (unpaired) electrons. The number of rotatable bonds is 3. The molecular formula is C21H21N3O4. The summed E-state index contributed by atoms with van der Waals surface area (Å²) in [4.78, 5) is 31.3. The number of anilines is 2. The number of nitrogens with one attached hydrogen (secondary N) is 1. The van der Waals surface area contributed by atoms with Gasteiger partial charge in [0, 0.05) is 19.2 Å². The highest BCUT2D eigenvalue weighted by Crippen LogP contribution is 2.20. The van der Waals surface area contributed by atoms with Crippen LogP contribution in [0.15, 0.2) is 57.9 Å². The van der Waals surface area contributed by atoms with Crippen LogP contribution in [0.25, 0.3) is 11.0 Å². The van der Waals surface area contributed by atoms with Gasteiger partial charge in [0.05, 0.1) is 29.5 Å². The third-order valence-corrected chi connectivity index (χ3v) is 4.61. The minimum atomic E-state index is -0.494. The van der Waals surface area contributed by atoms with E-state index in [1.165, 1.54) is 6.07 Å². The zero-order valence-corrected chi connectivity index (χ0v) is 15.7. The normalized spacial score (nSPS) is 19.6. The lowest BCUT2D eigenvalue weighted by Crippen LogP contribution is -2.45. The van der Waals surface area contributed by atoms with Crippen molar-refractivity contribution in [1.82, 2.24) is 4.98 Å². The fraction of sp³-hybridized carbons (Fsp3) is 0.286. The average molecular weight is 379 g/mol. The molecule has 4 rings (SSSR count). The molecule has 0 bridgehead atoms. The van der Waals surface area contributed by atoms with Crippen LogP contribution in [0.3, 0.4) is 0 Å².